The molecule has 0 atom stereocenters. The number of hydrogen-bond acceptors (Lipinski definition) is 7. The van der Waals surface area contributed by atoms with Gasteiger partial charge in [0.05, 0.1) is 24.2 Å². The molecule has 0 bridgehead atoms. The van der Waals surface area contributed by atoms with Gasteiger partial charge >= 0.3 is 12.4 Å². The van der Waals surface area contributed by atoms with E-state index in [-0.39, 0.29) is 22.6 Å². The number of aliphatic imine (C=N–C) groups is 1. The Balaban J connectivity index is 1.17. The molecule has 1 N–H and O–H groups in total. The Morgan fingerprint density at radius 1 is 1.07 bits per heavy atom. The van der Waals surface area contributed by atoms with Crippen molar-refractivity contribution < 1.29 is 32.2 Å². The molecule has 14 heteroatoms. The number of halogens is 3. The number of benzene rings is 3. The highest BCUT2D eigenvalue weighted by Gasteiger charge is 2.33. The summed E-state index contributed by atoms with van der Waals surface area (Å²) in [7, 11) is 1.51. The van der Waals surface area contributed by atoms with Gasteiger partial charge in [0.25, 0.3) is 0 Å². The van der Waals surface area contributed by atoms with Gasteiger partial charge in [-0.3, -0.25) is 9.69 Å². The largest absolute Gasteiger partial charge is 0.573 e. The molecule has 2 heterocycles. The van der Waals surface area contributed by atoms with Gasteiger partial charge in [-0.1, -0.05) is 30.0 Å². The average molecular weight is 611 g/mol. The second-order valence-electron chi connectivity index (χ2n) is 9.36. The Labute approximate surface area is 248 Å². The number of thioether (sulfide) groups is 1. The Morgan fingerprint density at radius 3 is 2.51 bits per heavy atom. The molecule has 1 aromatic heterocycles. The number of rotatable bonds is 8. The maximum atomic E-state index is 12.7. The van der Waals surface area contributed by atoms with Gasteiger partial charge in [-0.05, 0) is 73.0 Å². The van der Waals surface area contributed by atoms with E-state index < -0.39 is 12.4 Å². The number of alkyl halides is 3. The minimum absolute atomic E-state index is 0.161. The number of amidine groups is 1. The number of carbonyl (C=O) groups excluding carboxylic acids is 2. The molecule has 3 aromatic carbocycles. The molecule has 43 heavy (non-hydrogen) atoms. The van der Waals surface area contributed by atoms with E-state index in [0.29, 0.717) is 41.5 Å². The summed E-state index contributed by atoms with van der Waals surface area (Å²) in [6.45, 7) is 1.90. The van der Waals surface area contributed by atoms with Gasteiger partial charge < -0.3 is 14.8 Å². The third kappa shape index (κ3) is 7.52. The van der Waals surface area contributed by atoms with E-state index >= 15 is 0 Å². The van der Waals surface area contributed by atoms with Gasteiger partial charge in [0.2, 0.25) is 5.91 Å². The van der Waals surface area contributed by atoms with Crippen molar-refractivity contribution in [3.8, 4) is 17.2 Å². The number of methoxy groups -OCH3 is 1. The van der Waals surface area contributed by atoms with Crippen molar-refractivity contribution in [3.63, 3.8) is 0 Å². The summed E-state index contributed by atoms with van der Waals surface area (Å²) in [5, 5.41) is 7.38. The molecule has 0 aliphatic carbocycles. The van der Waals surface area contributed by atoms with Crippen LogP contribution in [0.3, 0.4) is 0 Å². The van der Waals surface area contributed by atoms with Crippen molar-refractivity contribution in [2.45, 2.75) is 26.1 Å². The molecule has 222 valence electrons. The van der Waals surface area contributed by atoms with E-state index in [1.54, 1.807) is 18.2 Å². The summed E-state index contributed by atoms with van der Waals surface area (Å²) in [6, 6.07) is 17.4. The lowest BCUT2D eigenvalue weighted by Crippen LogP contribution is -2.30. The number of urea groups is 1. The Hall–Kier alpha value is -4.85. The predicted octanol–water partition coefficient (Wildman–Crippen LogP) is 5.94. The van der Waals surface area contributed by atoms with Crippen LogP contribution in [0.25, 0.3) is 5.69 Å². The number of aromatic nitrogens is 3. The molecule has 10 nitrogen and oxygen atoms in total. The number of nitrogens with zero attached hydrogens (tertiary/aromatic N) is 5. The molecule has 0 unspecified atom stereocenters. The van der Waals surface area contributed by atoms with Crippen molar-refractivity contribution in [2.75, 3.05) is 23.1 Å². The summed E-state index contributed by atoms with van der Waals surface area (Å²) >= 11 is 1.18. The zero-order chi connectivity index (χ0) is 30.6. The minimum atomic E-state index is -4.75. The third-order valence-electron chi connectivity index (χ3n) is 6.25. The summed E-state index contributed by atoms with van der Waals surface area (Å²) in [4.78, 5) is 35.1. The number of carbonyl (C=O) groups is 2. The molecule has 1 aliphatic heterocycles. The maximum Gasteiger partial charge on any atom is 0.573 e. The van der Waals surface area contributed by atoms with E-state index in [0.717, 1.165) is 11.1 Å². The Morgan fingerprint density at radius 2 is 1.81 bits per heavy atom. The minimum Gasteiger partial charge on any atom is -0.495 e. The van der Waals surface area contributed by atoms with Crippen molar-refractivity contribution in [2.24, 2.45) is 4.99 Å². The van der Waals surface area contributed by atoms with Crippen LogP contribution >= 0.6 is 11.8 Å². The average Bonchev–Trinajstić information content (AvgIpc) is 3.58. The molecule has 1 saturated heterocycles. The van der Waals surface area contributed by atoms with E-state index in [1.165, 1.54) is 59.0 Å². The van der Waals surface area contributed by atoms with Crippen molar-refractivity contribution >= 4 is 40.2 Å². The smallest absolute Gasteiger partial charge is 0.495 e. The first-order valence-corrected chi connectivity index (χ1v) is 13.9. The van der Waals surface area contributed by atoms with Crippen LogP contribution in [0.2, 0.25) is 0 Å². The summed E-state index contributed by atoms with van der Waals surface area (Å²) < 4.78 is 47.9. The first-order valence-electron chi connectivity index (χ1n) is 12.9. The summed E-state index contributed by atoms with van der Waals surface area (Å²) in [5.74, 6) is 0.704. The lowest BCUT2D eigenvalue weighted by atomic mass is 10.1. The first kappa shape index (κ1) is 29.6. The molecule has 1 fully saturated rings. The molecule has 3 amide bonds. The lowest BCUT2D eigenvalue weighted by molar-refractivity contribution is -0.274. The Kier molecular flexibility index (Phi) is 8.66. The number of ether oxygens (including phenoxy) is 2. The molecule has 0 saturated carbocycles. The van der Waals surface area contributed by atoms with Gasteiger partial charge in [-0.2, -0.15) is 10.1 Å². The topological polar surface area (TPSA) is 111 Å². The van der Waals surface area contributed by atoms with Crippen molar-refractivity contribution in [3.05, 3.63) is 90.0 Å². The number of hydrogen-bond donors (Lipinski definition) is 1. The quantitative estimate of drug-likeness (QED) is 0.263. The van der Waals surface area contributed by atoms with Gasteiger partial charge in [-0.25, -0.2) is 14.5 Å². The number of anilines is 2. The first-order chi connectivity index (χ1) is 20.6. The predicted molar refractivity (Wildman–Crippen MR) is 156 cm³/mol. The van der Waals surface area contributed by atoms with E-state index in [1.807, 2.05) is 31.2 Å². The van der Waals surface area contributed by atoms with Gasteiger partial charge in [0.15, 0.2) is 11.0 Å². The van der Waals surface area contributed by atoms with Crippen LogP contribution in [-0.4, -0.2) is 51.1 Å². The van der Waals surface area contributed by atoms with Crippen molar-refractivity contribution in [1.29, 1.82) is 0 Å². The fourth-order valence-electron chi connectivity index (χ4n) is 4.24. The molecular formula is C29H25F3N6O4S. The van der Waals surface area contributed by atoms with Gasteiger partial charge in [0.1, 0.15) is 17.8 Å². The fraction of sp³-hybridized carbons (Fsp3) is 0.207. The van der Waals surface area contributed by atoms with E-state index in [4.69, 9.17) is 4.74 Å². The van der Waals surface area contributed by atoms with E-state index in [9.17, 15) is 22.8 Å². The summed E-state index contributed by atoms with van der Waals surface area (Å²) in [5.41, 5.74) is 3.51. The SMILES string of the molecule is COc1ccc(C)cc1N1C(=O)CSC1=NC(=O)Nc1ccc(CCc2ncn(-c3ccc(OC(F)(F)F)cc3)n2)cc1. The van der Waals surface area contributed by atoms with Crippen LogP contribution < -0.4 is 19.7 Å². The van der Waals surface area contributed by atoms with Crippen LogP contribution in [0, 0.1) is 6.92 Å². The number of nitrogens with one attached hydrogen (secondary N) is 1. The molecule has 0 radical (unpaired) electrons. The lowest BCUT2D eigenvalue weighted by Gasteiger charge is -2.19. The van der Waals surface area contributed by atoms with Crippen LogP contribution in [-0.2, 0) is 17.6 Å². The highest BCUT2D eigenvalue weighted by atomic mass is 32.2. The summed E-state index contributed by atoms with van der Waals surface area (Å²) in [6.07, 6.45) is -2.13. The highest BCUT2D eigenvalue weighted by molar-refractivity contribution is 8.15. The molecule has 5 rings (SSSR count). The fourth-order valence-corrected chi connectivity index (χ4v) is 5.10. The standard InChI is InChI=1S/C29H25F3N6O4S/c1-18-3-13-24(41-2)23(15-18)38-26(39)16-43-28(38)35-27(40)34-20-7-4-19(5-8-20)6-14-25-33-17-37(36-25)21-9-11-22(12-10-21)42-29(30,31)32/h3-5,7-13,15,17H,6,14,16H2,1-2H3,(H,34,40). The Bertz CT molecular complexity index is 1660. The van der Waals surface area contributed by atoms with Gasteiger partial charge in [-0.15, -0.1) is 13.2 Å². The number of aryl methyl sites for hydroxylation is 3. The second-order valence-corrected chi connectivity index (χ2v) is 10.3. The second kappa shape index (κ2) is 12.6. The van der Waals surface area contributed by atoms with Crippen molar-refractivity contribution in [1.82, 2.24) is 14.8 Å². The van der Waals surface area contributed by atoms with Crippen LogP contribution in [0.5, 0.6) is 11.5 Å². The zero-order valence-electron chi connectivity index (χ0n) is 23.0. The molecule has 0 spiro atoms. The maximum absolute atomic E-state index is 12.7. The molecule has 1 aliphatic rings. The van der Waals surface area contributed by atoms with Crippen LogP contribution in [0.1, 0.15) is 17.0 Å². The van der Waals surface area contributed by atoms with Gasteiger partial charge in [0, 0.05) is 12.1 Å². The normalized spacial score (nSPS) is 14.3. The van der Waals surface area contributed by atoms with Crippen LogP contribution in [0.15, 0.2) is 78.0 Å². The van der Waals surface area contributed by atoms with Crippen LogP contribution in [0.4, 0.5) is 29.3 Å². The highest BCUT2D eigenvalue weighted by Crippen LogP contribution is 2.35. The molecular weight excluding hydrogens is 585 g/mol. The monoisotopic (exact) mass is 610 g/mol. The van der Waals surface area contributed by atoms with E-state index in [2.05, 4.69) is 25.1 Å². The third-order valence-corrected chi connectivity index (χ3v) is 7.18. The molecule has 4 aromatic rings. The zero-order valence-corrected chi connectivity index (χ0v) is 23.8. The number of amides is 3.